The maximum absolute atomic E-state index is 13.6. The van der Waals surface area contributed by atoms with Crippen LogP contribution in [0.4, 0.5) is 10.3 Å². The Morgan fingerprint density at radius 3 is 2.41 bits per heavy atom. The van der Waals surface area contributed by atoms with Crippen LogP contribution in [0.1, 0.15) is 70.1 Å². The summed E-state index contributed by atoms with van der Waals surface area (Å²) >= 11 is 0. The minimum absolute atomic E-state index is 0.00500. The van der Waals surface area contributed by atoms with Gasteiger partial charge < -0.3 is 14.9 Å². The number of halogens is 1. The van der Waals surface area contributed by atoms with Gasteiger partial charge in [0.15, 0.2) is 0 Å². The quantitative estimate of drug-likeness (QED) is 0.223. The fourth-order valence-corrected chi connectivity index (χ4v) is 3.77. The van der Waals surface area contributed by atoms with E-state index in [-0.39, 0.29) is 31.3 Å². The smallest absolute Gasteiger partial charge is 0.366 e. The van der Waals surface area contributed by atoms with Gasteiger partial charge in [0.25, 0.3) is 5.79 Å². The van der Waals surface area contributed by atoms with Crippen molar-refractivity contribution in [1.29, 1.82) is 0 Å². The van der Waals surface area contributed by atoms with Gasteiger partial charge in [-0.15, -0.1) is 0 Å². The summed E-state index contributed by atoms with van der Waals surface area (Å²) in [5.74, 6) is -4.16. The van der Waals surface area contributed by atoms with Crippen molar-refractivity contribution in [1.82, 2.24) is 9.97 Å². The molecule has 1 heterocycles. The molecule has 0 spiro atoms. The molecule has 0 saturated carbocycles. The molecular formula is C26H36FN3O6S. The first kappa shape index (κ1) is 30.3. The molecule has 0 amide bonds. The molecule has 0 fully saturated rings. The van der Waals surface area contributed by atoms with E-state index in [2.05, 4.69) is 9.97 Å². The predicted octanol–water partition coefficient (Wildman–Crippen LogP) is 4.01. The molecule has 11 heteroatoms. The Morgan fingerprint density at radius 2 is 1.84 bits per heavy atom. The lowest BCUT2D eigenvalue weighted by Crippen LogP contribution is -2.40. The number of carbonyl (C=O) groups is 1. The van der Waals surface area contributed by atoms with Crippen LogP contribution in [0.5, 0.6) is 0 Å². The number of ether oxygens (including phenoxy) is 1. The summed E-state index contributed by atoms with van der Waals surface area (Å²) in [5, 5.41) is 20.1. The van der Waals surface area contributed by atoms with Crippen molar-refractivity contribution < 1.29 is 32.6 Å². The van der Waals surface area contributed by atoms with Crippen LogP contribution in [0.25, 0.3) is 17.3 Å². The average Bonchev–Trinajstić information content (AvgIpc) is 2.83. The summed E-state index contributed by atoms with van der Waals surface area (Å²) in [5.41, 5.74) is 2.23. The van der Waals surface area contributed by atoms with E-state index in [0.29, 0.717) is 35.4 Å². The molecule has 2 aromatic rings. The van der Waals surface area contributed by atoms with Crippen LogP contribution in [0, 0.1) is 5.82 Å². The van der Waals surface area contributed by atoms with E-state index in [1.165, 1.54) is 19.2 Å². The first-order valence-electron chi connectivity index (χ1n) is 12.2. The second kappa shape index (κ2) is 13.1. The molecule has 1 aromatic carbocycles. The highest BCUT2D eigenvalue weighted by molar-refractivity contribution is 7.92. The minimum atomic E-state index is -3.62. The molecule has 2 N–H and O–H groups in total. The highest BCUT2D eigenvalue weighted by Crippen LogP contribution is 2.31. The van der Waals surface area contributed by atoms with Crippen molar-refractivity contribution in [3.05, 3.63) is 47.4 Å². The third kappa shape index (κ3) is 8.58. The van der Waals surface area contributed by atoms with Gasteiger partial charge >= 0.3 is 5.97 Å². The largest absolute Gasteiger partial charge is 0.462 e. The average molecular weight is 538 g/mol. The lowest BCUT2D eigenvalue weighted by Gasteiger charge is -2.20. The van der Waals surface area contributed by atoms with E-state index in [1.807, 2.05) is 20.8 Å². The van der Waals surface area contributed by atoms with Gasteiger partial charge in [0.1, 0.15) is 5.82 Å². The van der Waals surface area contributed by atoms with Crippen LogP contribution in [0.15, 0.2) is 30.3 Å². The van der Waals surface area contributed by atoms with Gasteiger partial charge in [0.2, 0.25) is 16.0 Å². The Labute approximate surface area is 218 Å². The third-order valence-electron chi connectivity index (χ3n) is 5.65. The number of allylic oxidation sites excluding steroid dienone is 1. The second-order valence-electron chi connectivity index (χ2n) is 9.16. The number of sulfonamides is 1. The van der Waals surface area contributed by atoms with E-state index in [9.17, 15) is 27.8 Å². The molecule has 0 aliphatic carbocycles. The number of esters is 1. The molecule has 0 aliphatic rings. The van der Waals surface area contributed by atoms with Crippen LogP contribution >= 0.6 is 0 Å². The van der Waals surface area contributed by atoms with Crippen LogP contribution in [0.3, 0.4) is 0 Å². The lowest BCUT2D eigenvalue weighted by atomic mass is 9.97. The number of aliphatic hydroxyl groups is 2. The van der Waals surface area contributed by atoms with Crippen molar-refractivity contribution in [2.45, 2.75) is 64.6 Å². The number of nitrogens with zero attached hydrogens (tertiary/aromatic N) is 3. The van der Waals surface area contributed by atoms with Gasteiger partial charge in [-0.25, -0.2) is 31.9 Å². The third-order valence-corrected chi connectivity index (χ3v) is 6.80. The van der Waals surface area contributed by atoms with Crippen LogP contribution in [0.2, 0.25) is 0 Å². The zero-order chi connectivity index (χ0) is 27.8. The fraction of sp³-hybridized carbons (Fsp3) is 0.500. The zero-order valence-electron chi connectivity index (χ0n) is 21.9. The number of aromatic nitrogens is 2. The van der Waals surface area contributed by atoms with Gasteiger partial charge in [-0.3, -0.25) is 0 Å². The normalized spacial score (nSPS) is 12.4. The fourth-order valence-electron chi connectivity index (χ4n) is 3.39. The standard InChI is InChI=1S/C26H36FN3O6S/c1-6-7-17-36-24(31)26(32,33)16-10-8-9-11-21-22(18(2)3)28-25(30(4)37(5,34)35)29-23(21)19-12-14-20(27)15-13-19/h9,11-15,18,32-33H,6-8,10,16-17H2,1-5H3/b11-9+. The van der Waals surface area contributed by atoms with Gasteiger partial charge in [0, 0.05) is 24.6 Å². The molecule has 0 radical (unpaired) electrons. The number of rotatable bonds is 13. The van der Waals surface area contributed by atoms with Gasteiger partial charge in [0.05, 0.1) is 24.3 Å². The van der Waals surface area contributed by atoms with E-state index in [0.717, 1.165) is 17.0 Å². The van der Waals surface area contributed by atoms with Crippen molar-refractivity contribution in [2.75, 3.05) is 24.2 Å². The Kier molecular flexibility index (Phi) is 10.7. The summed E-state index contributed by atoms with van der Waals surface area (Å²) < 4.78 is 43.8. The summed E-state index contributed by atoms with van der Waals surface area (Å²) in [6.07, 6.45) is 6.54. The maximum Gasteiger partial charge on any atom is 0.366 e. The molecule has 2 rings (SSSR count). The lowest BCUT2D eigenvalue weighted by molar-refractivity contribution is -0.211. The van der Waals surface area contributed by atoms with E-state index in [4.69, 9.17) is 4.74 Å². The molecule has 1 aromatic heterocycles. The molecule has 37 heavy (non-hydrogen) atoms. The SMILES string of the molecule is CCCCOC(=O)C(O)(O)CCC/C=C/c1c(-c2ccc(F)cc2)nc(N(C)S(C)(=O)=O)nc1C(C)C. The molecule has 0 bridgehead atoms. The van der Waals surface area contributed by atoms with E-state index < -0.39 is 27.6 Å². The topological polar surface area (TPSA) is 130 Å². The Balaban J connectivity index is 2.35. The van der Waals surface area contributed by atoms with Crippen molar-refractivity contribution in [2.24, 2.45) is 0 Å². The second-order valence-corrected chi connectivity index (χ2v) is 11.2. The Morgan fingerprint density at radius 1 is 1.19 bits per heavy atom. The number of anilines is 1. The number of hydrogen-bond donors (Lipinski definition) is 2. The van der Waals surface area contributed by atoms with Crippen molar-refractivity contribution in [3.8, 4) is 11.3 Å². The monoisotopic (exact) mass is 537 g/mol. The number of unbranched alkanes of at least 4 members (excludes halogenated alkanes) is 2. The predicted molar refractivity (Wildman–Crippen MR) is 141 cm³/mol. The molecule has 204 valence electrons. The molecule has 0 saturated heterocycles. The zero-order valence-corrected chi connectivity index (χ0v) is 22.8. The summed E-state index contributed by atoms with van der Waals surface area (Å²) in [7, 11) is -2.26. The highest BCUT2D eigenvalue weighted by Gasteiger charge is 2.34. The molecule has 0 unspecified atom stereocenters. The first-order chi connectivity index (χ1) is 17.3. The van der Waals surface area contributed by atoms with Crippen LogP contribution in [-0.4, -0.2) is 60.3 Å². The first-order valence-corrected chi connectivity index (χ1v) is 14.0. The molecule has 9 nitrogen and oxygen atoms in total. The summed E-state index contributed by atoms with van der Waals surface area (Å²) in [6.45, 7) is 5.88. The summed E-state index contributed by atoms with van der Waals surface area (Å²) in [6, 6.07) is 5.70. The molecule has 0 atom stereocenters. The maximum atomic E-state index is 13.6. The van der Waals surface area contributed by atoms with Crippen LogP contribution < -0.4 is 4.31 Å². The number of hydrogen-bond acceptors (Lipinski definition) is 8. The summed E-state index contributed by atoms with van der Waals surface area (Å²) in [4.78, 5) is 20.9. The molecule has 0 aliphatic heterocycles. The minimum Gasteiger partial charge on any atom is -0.462 e. The Hall–Kier alpha value is -2.89. The Bertz CT molecular complexity index is 1200. The number of benzene rings is 1. The number of carbonyl (C=O) groups excluding carboxylic acids is 1. The van der Waals surface area contributed by atoms with Gasteiger partial charge in [-0.2, -0.15) is 0 Å². The van der Waals surface area contributed by atoms with Gasteiger partial charge in [-0.1, -0.05) is 39.3 Å². The van der Waals surface area contributed by atoms with Gasteiger partial charge in [-0.05, 0) is 49.4 Å². The highest BCUT2D eigenvalue weighted by atomic mass is 32.2. The van der Waals surface area contributed by atoms with Crippen LogP contribution in [-0.2, 0) is 19.6 Å². The van der Waals surface area contributed by atoms with Crippen molar-refractivity contribution in [3.63, 3.8) is 0 Å². The van der Waals surface area contributed by atoms with E-state index >= 15 is 0 Å². The van der Waals surface area contributed by atoms with Crippen molar-refractivity contribution >= 4 is 28.0 Å². The van der Waals surface area contributed by atoms with E-state index in [1.54, 1.807) is 24.3 Å². The molecular weight excluding hydrogens is 501 g/mol.